The van der Waals surface area contributed by atoms with Crippen LogP contribution in [0.3, 0.4) is 0 Å². The van der Waals surface area contributed by atoms with E-state index in [4.69, 9.17) is 13.9 Å². The van der Waals surface area contributed by atoms with Crippen molar-refractivity contribution in [2.24, 2.45) is 0 Å². The van der Waals surface area contributed by atoms with Crippen molar-refractivity contribution in [3.63, 3.8) is 0 Å². The van der Waals surface area contributed by atoms with Crippen LogP contribution in [-0.2, 0) is 11.2 Å². The predicted molar refractivity (Wildman–Crippen MR) is 92.8 cm³/mol. The van der Waals surface area contributed by atoms with E-state index in [0.717, 1.165) is 22.1 Å². The number of rotatable bonds is 5. The number of hydrogen-bond acceptors (Lipinski definition) is 4. The minimum atomic E-state index is -0.136. The van der Waals surface area contributed by atoms with Crippen LogP contribution < -0.4 is 14.8 Å². The van der Waals surface area contributed by atoms with Crippen molar-refractivity contribution in [1.29, 1.82) is 0 Å². The maximum Gasteiger partial charge on any atom is 0.229 e. The second kappa shape index (κ2) is 6.66. The van der Waals surface area contributed by atoms with Gasteiger partial charge in [0.1, 0.15) is 17.1 Å². The van der Waals surface area contributed by atoms with Gasteiger partial charge in [0.05, 0.1) is 32.6 Å². The molecule has 2 aromatic carbocycles. The number of amides is 1. The zero-order chi connectivity index (χ0) is 17.1. The van der Waals surface area contributed by atoms with Crippen molar-refractivity contribution in [2.75, 3.05) is 19.5 Å². The van der Waals surface area contributed by atoms with E-state index in [-0.39, 0.29) is 12.3 Å². The van der Waals surface area contributed by atoms with E-state index in [0.29, 0.717) is 17.2 Å². The summed E-state index contributed by atoms with van der Waals surface area (Å²) in [5.74, 6) is 1.08. The quantitative estimate of drug-likeness (QED) is 0.772. The number of carbonyl (C=O) groups excluding carboxylic acids is 1. The number of anilines is 1. The highest BCUT2D eigenvalue weighted by molar-refractivity contribution is 5.96. The number of benzene rings is 2. The lowest BCUT2D eigenvalue weighted by molar-refractivity contribution is -0.115. The number of aryl methyl sites for hydroxylation is 1. The Morgan fingerprint density at radius 1 is 1.12 bits per heavy atom. The molecule has 0 aliphatic heterocycles. The summed E-state index contributed by atoms with van der Waals surface area (Å²) in [6.07, 6.45) is 1.86. The summed E-state index contributed by atoms with van der Waals surface area (Å²) >= 11 is 0. The van der Waals surface area contributed by atoms with Crippen LogP contribution in [0.5, 0.6) is 11.5 Å². The first-order chi connectivity index (χ1) is 11.6. The summed E-state index contributed by atoms with van der Waals surface area (Å²) in [7, 11) is 3.13. The first kappa shape index (κ1) is 15.9. The van der Waals surface area contributed by atoms with Gasteiger partial charge in [-0.15, -0.1) is 0 Å². The van der Waals surface area contributed by atoms with Gasteiger partial charge in [-0.3, -0.25) is 4.79 Å². The Morgan fingerprint density at radius 2 is 1.96 bits per heavy atom. The predicted octanol–water partition coefficient (Wildman–Crippen LogP) is 3.94. The Bertz CT molecular complexity index is 882. The molecule has 1 heterocycles. The lowest BCUT2D eigenvalue weighted by Crippen LogP contribution is -2.14. The molecule has 0 fully saturated rings. The summed E-state index contributed by atoms with van der Waals surface area (Å²) < 4.78 is 16.0. The Morgan fingerprint density at radius 3 is 2.71 bits per heavy atom. The van der Waals surface area contributed by atoms with Crippen LogP contribution >= 0.6 is 0 Å². The van der Waals surface area contributed by atoms with E-state index in [1.807, 2.05) is 25.1 Å². The van der Waals surface area contributed by atoms with E-state index >= 15 is 0 Å². The SMILES string of the molecule is COc1ccc(NC(=O)Cc2coc3ccc(C)cc23)c(OC)c1. The normalized spacial score (nSPS) is 10.6. The third-order valence-corrected chi connectivity index (χ3v) is 3.84. The molecule has 124 valence electrons. The van der Waals surface area contributed by atoms with Gasteiger partial charge in [0.2, 0.25) is 5.91 Å². The Kier molecular flexibility index (Phi) is 4.42. The molecule has 0 radical (unpaired) electrons. The third-order valence-electron chi connectivity index (χ3n) is 3.84. The van der Waals surface area contributed by atoms with E-state index in [9.17, 15) is 4.79 Å². The van der Waals surface area contributed by atoms with Crippen molar-refractivity contribution < 1.29 is 18.7 Å². The van der Waals surface area contributed by atoms with E-state index < -0.39 is 0 Å². The topological polar surface area (TPSA) is 60.7 Å². The van der Waals surface area contributed by atoms with Crippen molar-refractivity contribution in [3.8, 4) is 11.5 Å². The van der Waals surface area contributed by atoms with Crippen LogP contribution in [0, 0.1) is 6.92 Å². The highest BCUT2D eigenvalue weighted by Crippen LogP contribution is 2.29. The van der Waals surface area contributed by atoms with Crippen molar-refractivity contribution >= 4 is 22.6 Å². The van der Waals surface area contributed by atoms with Crippen molar-refractivity contribution in [3.05, 3.63) is 53.8 Å². The number of methoxy groups -OCH3 is 2. The number of fused-ring (bicyclic) bond motifs is 1. The molecule has 1 aromatic heterocycles. The second-order valence-electron chi connectivity index (χ2n) is 5.55. The maximum absolute atomic E-state index is 12.4. The van der Waals surface area contributed by atoms with Crippen molar-refractivity contribution in [1.82, 2.24) is 0 Å². The molecule has 3 aromatic rings. The Labute approximate surface area is 140 Å². The molecule has 5 heteroatoms. The van der Waals surface area contributed by atoms with Gasteiger partial charge in [0.25, 0.3) is 0 Å². The molecule has 1 N–H and O–H groups in total. The van der Waals surface area contributed by atoms with Gasteiger partial charge in [-0.25, -0.2) is 0 Å². The molecule has 0 bridgehead atoms. The molecule has 0 spiro atoms. The molecular formula is C19H19NO4. The highest BCUT2D eigenvalue weighted by atomic mass is 16.5. The van der Waals surface area contributed by atoms with Crippen LogP contribution in [0.2, 0.25) is 0 Å². The molecule has 24 heavy (non-hydrogen) atoms. The highest BCUT2D eigenvalue weighted by Gasteiger charge is 2.13. The Hall–Kier alpha value is -2.95. The molecule has 5 nitrogen and oxygen atoms in total. The summed E-state index contributed by atoms with van der Waals surface area (Å²) in [5.41, 5.74) is 3.37. The van der Waals surface area contributed by atoms with E-state index in [1.54, 1.807) is 38.7 Å². The van der Waals surface area contributed by atoms with Crippen LogP contribution in [0.15, 0.2) is 47.1 Å². The van der Waals surface area contributed by atoms with Gasteiger partial charge in [-0.2, -0.15) is 0 Å². The van der Waals surface area contributed by atoms with Crippen LogP contribution in [0.4, 0.5) is 5.69 Å². The Balaban J connectivity index is 1.79. The number of nitrogens with one attached hydrogen (secondary N) is 1. The van der Waals surface area contributed by atoms with Gasteiger partial charge in [-0.1, -0.05) is 11.6 Å². The van der Waals surface area contributed by atoms with E-state index in [2.05, 4.69) is 5.32 Å². The number of furan rings is 1. The second-order valence-corrected chi connectivity index (χ2v) is 5.55. The summed E-state index contributed by atoms with van der Waals surface area (Å²) in [4.78, 5) is 12.4. The maximum atomic E-state index is 12.4. The number of carbonyl (C=O) groups is 1. The molecule has 3 rings (SSSR count). The van der Waals surface area contributed by atoms with Gasteiger partial charge in [0, 0.05) is 17.0 Å². The molecule has 0 aliphatic carbocycles. The minimum Gasteiger partial charge on any atom is -0.497 e. The molecule has 0 aliphatic rings. The standard InChI is InChI=1S/C19H19NO4/c1-12-4-7-17-15(8-12)13(11-24-17)9-19(21)20-16-6-5-14(22-2)10-18(16)23-3/h4-8,10-11H,9H2,1-3H3,(H,20,21). The monoisotopic (exact) mass is 325 g/mol. The number of hydrogen-bond donors (Lipinski definition) is 1. The fourth-order valence-corrected chi connectivity index (χ4v) is 2.60. The van der Waals surface area contributed by atoms with Gasteiger partial charge >= 0.3 is 0 Å². The summed E-state index contributed by atoms with van der Waals surface area (Å²) in [5, 5.41) is 3.83. The summed E-state index contributed by atoms with van der Waals surface area (Å²) in [6, 6.07) is 11.2. The lowest BCUT2D eigenvalue weighted by Gasteiger charge is -2.11. The third kappa shape index (κ3) is 3.20. The van der Waals surface area contributed by atoms with E-state index in [1.165, 1.54) is 0 Å². The largest absolute Gasteiger partial charge is 0.497 e. The molecule has 0 atom stereocenters. The molecule has 0 saturated carbocycles. The first-order valence-corrected chi connectivity index (χ1v) is 7.59. The number of ether oxygens (including phenoxy) is 2. The zero-order valence-corrected chi connectivity index (χ0v) is 13.9. The molecular weight excluding hydrogens is 306 g/mol. The smallest absolute Gasteiger partial charge is 0.229 e. The average molecular weight is 325 g/mol. The molecule has 0 unspecified atom stereocenters. The molecule has 1 amide bonds. The minimum absolute atomic E-state index is 0.136. The molecule has 0 saturated heterocycles. The van der Waals surface area contributed by atoms with Gasteiger partial charge < -0.3 is 19.2 Å². The van der Waals surface area contributed by atoms with Gasteiger partial charge in [-0.05, 0) is 31.2 Å². The van der Waals surface area contributed by atoms with Crippen LogP contribution in [0.1, 0.15) is 11.1 Å². The van der Waals surface area contributed by atoms with Gasteiger partial charge in [0.15, 0.2) is 0 Å². The summed E-state index contributed by atoms with van der Waals surface area (Å²) in [6.45, 7) is 2.01. The van der Waals surface area contributed by atoms with Crippen LogP contribution in [-0.4, -0.2) is 20.1 Å². The first-order valence-electron chi connectivity index (χ1n) is 7.59. The lowest BCUT2D eigenvalue weighted by atomic mass is 10.1. The van der Waals surface area contributed by atoms with Crippen LogP contribution in [0.25, 0.3) is 11.0 Å². The fraction of sp³-hybridized carbons (Fsp3) is 0.211. The average Bonchev–Trinajstić information content (AvgIpc) is 2.97. The fourth-order valence-electron chi connectivity index (χ4n) is 2.60. The zero-order valence-electron chi connectivity index (χ0n) is 13.9. The van der Waals surface area contributed by atoms with Crippen molar-refractivity contribution in [2.45, 2.75) is 13.3 Å².